The van der Waals surface area contributed by atoms with Crippen LogP contribution in [0.25, 0.3) is 0 Å². The first-order chi connectivity index (χ1) is 8.21. The number of para-hydroxylation sites is 1. The maximum absolute atomic E-state index is 5.37. The summed E-state index contributed by atoms with van der Waals surface area (Å²) < 4.78 is 5.37. The molecule has 0 N–H and O–H groups in total. The fraction of sp³-hybridized carbons (Fsp3) is 0.375. The highest BCUT2D eigenvalue weighted by Crippen LogP contribution is 2.22. The van der Waals surface area contributed by atoms with Crippen molar-refractivity contribution in [1.29, 1.82) is 0 Å². The van der Waals surface area contributed by atoms with Gasteiger partial charge in [0.05, 0.1) is 7.11 Å². The molecule has 1 aromatic carbocycles. The molecule has 17 heavy (non-hydrogen) atoms. The first-order valence-corrected chi connectivity index (χ1v) is 6.20. The molecule has 0 spiro atoms. The van der Waals surface area contributed by atoms with E-state index in [1.165, 1.54) is 16.7 Å². The van der Waals surface area contributed by atoms with Gasteiger partial charge in [-0.25, -0.2) is 0 Å². The number of benzene rings is 1. The number of hydrogen-bond donors (Lipinski definition) is 0. The molecule has 1 aromatic rings. The normalized spacial score (nSPS) is 11.4. The summed E-state index contributed by atoms with van der Waals surface area (Å²) in [6.07, 6.45) is 5.22. The lowest BCUT2D eigenvalue weighted by atomic mass is 9.99. The summed E-state index contributed by atoms with van der Waals surface area (Å²) in [5, 5.41) is 0. The Hall–Kier alpha value is -1.50. The van der Waals surface area contributed by atoms with Crippen LogP contribution in [0.5, 0.6) is 5.75 Å². The third-order valence-corrected chi connectivity index (χ3v) is 2.93. The molecule has 0 aromatic heterocycles. The Morgan fingerprint density at radius 2 is 1.94 bits per heavy atom. The topological polar surface area (TPSA) is 9.23 Å². The predicted octanol–water partition coefficient (Wildman–Crippen LogP) is 4.54. The number of rotatable bonds is 6. The molecule has 0 radical (unpaired) electrons. The molecule has 92 valence electrons. The quantitative estimate of drug-likeness (QED) is 0.652. The van der Waals surface area contributed by atoms with Gasteiger partial charge in [0, 0.05) is 0 Å². The number of methoxy groups -OCH3 is 1. The monoisotopic (exact) mass is 230 g/mol. The Bertz CT molecular complexity index is 402. The van der Waals surface area contributed by atoms with E-state index in [9.17, 15) is 0 Å². The van der Waals surface area contributed by atoms with Gasteiger partial charge in [0.15, 0.2) is 0 Å². The van der Waals surface area contributed by atoms with Crippen LogP contribution in [0.4, 0.5) is 0 Å². The molecule has 1 heteroatoms. The molecule has 0 aliphatic carbocycles. The summed E-state index contributed by atoms with van der Waals surface area (Å²) in [6.45, 7) is 8.36. The standard InChI is InChI=1S/C16H22O/c1-5-13(3)11-14(6-2)12-15-9-7-8-10-16(15)17-4/h7-11H,3,5-6,12H2,1-2,4H3/b14-11+. The van der Waals surface area contributed by atoms with Gasteiger partial charge in [0.25, 0.3) is 0 Å². The largest absolute Gasteiger partial charge is 0.496 e. The van der Waals surface area contributed by atoms with Crippen LogP contribution in [-0.4, -0.2) is 7.11 Å². The van der Waals surface area contributed by atoms with E-state index in [2.05, 4.69) is 38.6 Å². The third kappa shape index (κ3) is 4.10. The number of allylic oxidation sites excluding steroid dienone is 3. The van der Waals surface area contributed by atoms with Gasteiger partial charge in [-0.2, -0.15) is 0 Å². The zero-order valence-corrected chi connectivity index (χ0v) is 11.1. The summed E-state index contributed by atoms with van der Waals surface area (Å²) in [5.74, 6) is 0.967. The Morgan fingerprint density at radius 3 is 2.53 bits per heavy atom. The maximum Gasteiger partial charge on any atom is 0.122 e. The van der Waals surface area contributed by atoms with E-state index in [4.69, 9.17) is 4.74 Å². The van der Waals surface area contributed by atoms with Crippen molar-refractivity contribution in [3.63, 3.8) is 0 Å². The fourth-order valence-corrected chi connectivity index (χ4v) is 1.76. The molecule has 0 aliphatic rings. The molecule has 0 fully saturated rings. The maximum atomic E-state index is 5.37. The second-order valence-corrected chi connectivity index (χ2v) is 4.16. The van der Waals surface area contributed by atoms with Gasteiger partial charge in [-0.3, -0.25) is 0 Å². The van der Waals surface area contributed by atoms with Crippen molar-refractivity contribution >= 4 is 0 Å². The van der Waals surface area contributed by atoms with Crippen LogP contribution >= 0.6 is 0 Å². The average molecular weight is 230 g/mol. The summed E-state index contributed by atoms with van der Waals surface area (Å²) in [5.41, 5.74) is 3.84. The van der Waals surface area contributed by atoms with Crippen LogP contribution < -0.4 is 4.74 Å². The van der Waals surface area contributed by atoms with Crippen molar-refractivity contribution in [1.82, 2.24) is 0 Å². The second-order valence-electron chi connectivity index (χ2n) is 4.16. The minimum absolute atomic E-state index is 0.944. The molecule has 0 heterocycles. The molecule has 0 unspecified atom stereocenters. The fourth-order valence-electron chi connectivity index (χ4n) is 1.76. The third-order valence-electron chi connectivity index (χ3n) is 2.93. The molecule has 0 bridgehead atoms. The van der Waals surface area contributed by atoms with Crippen molar-refractivity contribution in [2.24, 2.45) is 0 Å². The van der Waals surface area contributed by atoms with Crippen LogP contribution in [0.15, 0.2) is 48.1 Å². The van der Waals surface area contributed by atoms with Crippen molar-refractivity contribution in [2.45, 2.75) is 33.1 Å². The van der Waals surface area contributed by atoms with E-state index in [1.807, 2.05) is 12.1 Å². The summed E-state index contributed by atoms with van der Waals surface area (Å²) >= 11 is 0. The van der Waals surface area contributed by atoms with Crippen LogP contribution in [-0.2, 0) is 6.42 Å². The van der Waals surface area contributed by atoms with Gasteiger partial charge in [0.2, 0.25) is 0 Å². The zero-order valence-electron chi connectivity index (χ0n) is 11.1. The van der Waals surface area contributed by atoms with Crippen molar-refractivity contribution in [3.05, 3.63) is 53.6 Å². The summed E-state index contributed by atoms with van der Waals surface area (Å²) in [6, 6.07) is 8.19. The van der Waals surface area contributed by atoms with Crippen LogP contribution in [0.2, 0.25) is 0 Å². The molecule has 0 atom stereocenters. The van der Waals surface area contributed by atoms with Gasteiger partial charge in [-0.1, -0.05) is 55.8 Å². The van der Waals surface area contributed by atoms with Gasteiger partial charge in [-0.15, -0.1) is 0 Å². The minimum atomic E-state index is 0.944. The molecule has 0 amide bonds. The second kappa shape index (κ2) is 6.95. The van der Waals surface area contributed by atoms with Crippen molar-refractivity contribution in [3.8, 4) is 5.75 Å². The molecular weight excluding hydrogens is 208 g/mol. The lowest BCUT2D eigenvalue weighted by Crippen LogP contribution is -1.95. The Labute approximate surface area is 105 Å². The lowest BCUT2D eigenvalue weighted by Gasteiger charge is -2.10. The van der Waals surface area contributed by atoms with Crippen LogP contribution in [0, 0.1) is 0 Å². The molecule has 0 saturated carbocycles. The lowest BCUT2D eigenvalue weighted by molar-refractivity contribution is 0.410. The van der Waals surface area contributed by atoms with E-state index in [-0.39, 0.29) is 0 Å². The van der Waals surface area contributed by atoms with E-state index in [0.29, 0.717) is 0 Å². The smallest absolute Gasteiger partial charge is 0.122 e. The van der Waals surface area contributed by atoms with E-state index in [0.717, 1.165) is 25.0 Å². The Kier molecular flexibility index (Phi) is 5.55. The first-order valence-electron chi connectivity index (χ1n) is 6.20. The number of ether oxygens (including phenoxy) is 1. The minimum Gasteiger partial charge on any atom is -0.496 e. The Balaban J connectivity index is 2.87. The Morgan fingerprint density at radius 1 is 1.24 bits per heavy atom. The van der Waals surface area contributed by atoms with Crippen LogP contribution in [0.1, 0.15) is 32.3 Å². The molecular formula is C16H22O. The van der Waals surface area contributed by atoms with Gasteiger partial charge >= 0.3 is 0 Å². The molecule has 1 nitrogen and oxygen atoms in total. The average Bonchev–Trinajstić information content (AvgIpc) is 2.38. The van der Waals surface area contributed by atoms with Crippen molar-refractivity contribution < 1.29 is 4.74 Å². The first kappa shape index (κ1) is 13.6. The molecule has 0 aliphatic heterocycles. The predicted molar refractivity (Wildman–Crippen MR) is 74.5 cm³/mol. The highest BCUT2D eigenvalue weighted by atomic mass is 16.5. The van der Waals surface area contributed by atoms with E-state index in [1.54, 1.807) is 7.11 Å². The SMILES string of the molecule is C=C(/C=C(\CC)Cc1ccccc1OC)CC. The summed E-state index contributed by atoms with van der Waals surface area (Å²) in [7, 11) is 1.72. The van der Waals surface area contributed by atoms with Crippen LogP contribution in [0.3, 0.4) is 0 Å². The van der Waals surface area contributed by atoms with E-state index < -0.39 is 0 Å². The molecule has 1 rings (SSSR count). The van der Waals surface area contributed by atoms with Gasteiger partial charge < -0.3 is 4.74 Å². The molecule has 0 saturated heterocycles. The van der Waals surface area contributed by atoms with E-state index >= 15 is 0 Å². The summed E-state index contributed by atoms with van der Waals surface area (Å²) in [4.78, 5) is 0. The van der Waals surface area contributed by atoms with Gasteiger partial charge in [0.1, 0.15) is 5.75 Å². The highest BCUT2D eigenvalue weighted by molar-refractivity contribution is 5.37. The van der Waals surface area contributed by atoms with Gasteiger partial charge in [-0.05, 0) is 30.9 Å². The van der Waals surface area contributed by atoms with Crippen molar-refractivity contribution in [2.75, 3.05) is 7.11 Å². The highest BCUT2D eigenvalue weighted by Gasteiger charge is 2.04. The number of hydrogen-bond acceptors (Lipinski definition) is 1. The zero-order chi connectivity index (χ0) is 12.7.